The van der Waals surface area contributed by atoms with E-state index in [0.29, 0.717) is 11.3 Å². The molecule has 0 aliphatic carbocycles. The Morgan fingerprint density at radius 3 is 2.90 bits per heavy atom. The van der Waals surface area contributed by atoms with E-state index in [9.17, 15) is 4.79 Å². The van der Waals surface area contributed by atoms with Crippen LogP contribution in [0, 0.1) is 0 Å². The number of amides is 1. The van der Waals surface area contributed by atoms with Gasteiger partial charge in [-0.2, -0.15) is 0 Å². The molecule has 2 aliphatic rings. The van der Waals surface area contributed by atoms with Gasteiger partial charge in [-0.25, -0.2) is 0 Å². The Morgan fingerprint density at radius 2 is 1.95 bits per heavy atom. The fraction of sp³-hybridized carbons (Fsp3) is 0.0625. The summed E-state index contributed by atoms with van der Waals surface area (Å²) in [5.74, 6) is 1.30. The van der Waals surface area contributed by atoms with Gasteiger partial charge >= 0.3 is 0 Å². The molecule has 4 nitrogen and oxygen atoms in total. The maximum atomic E-state index is 12.1. The molecule has 0 unspecified atom stereocenters. The zero-order valence-electron chi connectivity index (χ0n) is 10.4. The predicted octanol–water partition coefficient (Wildman–Crippen LogP) is 3.29. The number of hydrogen-bond donors (Lipinski definition) is 1. The van der Waals surface area contributed by atoms with Crippen molar-refractivity contribution < 1.29 is 14.3 Å². The van der Waals surface area contributed by atoms with Crippen molar-refractivity contribution in [3.63, 3.8) is 0 Å². The summed E-state index contributed by atoms with van der Waals surface area (Å²) >= 11 is 0. The van der Waals surface area contributed by atoms with Crippen LogP contribution >= 0.6 is 0 Å². The maximum absolute atomic E-state index is 12.1. The van der Waals surface area contributed by atoms with E-state index in [0.717, 1.165) is 33.0 Å². The minimum Gasteiger partial charge on any atom is -0.454 e. The van der Waals surface area contributed by atoms with E-state index in [4.69, 9.17) is 9.47 Å². The van der Waals surface area contributed by atoms with Crippen LogP contribution in [0.1, 0.15) is 10.4 Å². The summed E-state index contributed by atoms with van der Waals surface area (Å²) < 4.78 is 11.1. The average molecular weight is 263 g/mol. The van der Waals surface area contributed by atoms with Crippen LogP contribution in [-0.2, 0) is 0 Å². The lowest BCUT2D eigenvalue weighted by molar-refractivity contribution is 0.103. The molecule has 1 amide bonds. The van der Waals surface area contributed by atoms with E-state index in [1.165, 1.54) is 0 Å². The standard InChI is InChI=1S/C16H9NO3/c18-16-10-6-12-15(20-7-19-12)14-9-4-2-1-3-8(9)5-11(17-16)13(10)14/h1-6H,7H2,(H,17,18). The zero-order chi connectivity index (χ0) is 13.3. The highest BCUT2D eigenvalue weighted by Gasteiger charge is 2.29. The van der Waals surface area contributed by atoms with Crippen LogP contribution in [0.2, 0.25) is 0 Å². The molecule has 0 bridgehead atoms. The first-order chi connectivity index (χ1) is 9.83. The molecule has 2 heterocycles. The van der Waals surface area contributed by atoms with Crippen LogP contribution in [0.5, 0.6) is 11.5 Å². The van der Waals surface area contributed by atoms with Gasteiger partial charge in [0, 0.05) is 10.8 Å². The van der Waals surface area contributed by atoms with Crippen LogP contribution in [0.3, 0.4) is 0 Å². The van der Waals surface area contributed by atoms with Crippen LogP contribution in [0.25, 0.3) is 21.5 Å². The molecule has 96 valence electrons. The molecular weight excluding hydrogens is 254 g/mol. The molecule has 20 heavy (non-hydrogen) atoms. The van der Waals surface area contributed by atoms with Crippen molar-refractivity contribution >= 4 is 33.1 Å². The number of anilines is 1. The van der Waals surface area contributed by atoms with E-state index in [1.54, 1.807) is 6.07 Å². The van der Waals surface area contributed by atoms with Crippen molar-refractivity contribution in [2.45, 2.75) is 0 Å². The van der Waals surface area contributed by atoms with Gasteiger partial charge in [-0.3, -0.25) is 4.79 Å². The highest BCUT2D eigenvalue weighted by Crippen LogP contribution is 2.48. The second-order valence-corrected chi connectivity index (χ2v) is 5.01. The molecular formula is C16H9NO3. The van der Waals surface area contributed by atoms with Gasteiger partial charge in [0.05, 0.1) is 11.3 Å². The number of nitrogens with one attached hydrogen (secondary N) is 1. The van der Waals surface area contributed by atoms with Crippen molar-refractivity contribution in [1.82, 2.24) is 0 Å². The summed E-state index contributed by atoms with van der Waals surface area (Å²) in [4.78, 5) is 12.1. The smallest absolute Gasteiger partial charge is 0.256 e. The molecule has 0 aromatic heterocycles. The molecule has 0 fully saturated rings. The minimum absolute atomic E-state index is 0.0846. The molecule has 1 N–H and O–H groups in total. The fourth-order valence-corrected chi connectivity index (χ4v) is 3.12. The average Bonchev–Trinajstić information content (AvgIpc) is 3.05. The molecule has 3 aromatic rings. The normalized spacial score (nSPS) is 15.1. The Morgan fingerprint density at radius 1 is 1.05 bits per heavy atom. The van der Waals surface area contributed by atoms with E-state index < -0.39 is 0 Å². The number of ether oxygens (including phenoxy) is 2. The topological polar surface area (TPSA) is 47.6 Å². The summed E-state index contributed by atoms with van der Waals surface area (Å²) in [6.07, 6.45) is 0. The summed E-state index contributed by atoms with van der Waals surface area (Å²) in [7, 11) is 0. The first kappa shape index (κ1) is 10.1. The quantitative estimate of drug-likeness (QED) is 0.633. The van der Waals surface area contributed by atoms with E-state index in [-0.39, 0.29) is 12.7 Å². The fourth-order valence-electron chi connectivity index (χ4n) is 3.12. The van der Waals surface area contributed by atoms with Gasteiger partial charge < -0.3 is 14.8 Å². The Balaban J connectivity index is 2.13. The predicted molar refractivity (Wildman–Crippen MR) is 75.5 cm³/mol. The lowest BCUT2D eigenvalue weighted by Gasteiger charge is -2.08. The number of carbonyl (C=O) groups is 1. The van der Waals surface area contributed by atoms with Gasteiger partial charge in [-0.05, 0) is 22.9 Å². The van der Waals surface area contributed by atoms with Crippen molar-refractivity contribution in [2.24, 2.45) is 0 Å². The van der Waals surface area contributed by atoms with Crippen LogP contribution in [-0.4, -0.2) is 12.7 Å². The van der Waals surface area contributed by atoms with Gasteiger partial charge in [0.2, 0.25) is 6.79 Å². The number of carbonyl (C=O) groups excluding carboxylic acids is 1. The molecule has 5 rings (SSSR count). The lowest BCUT2D eigenvalue weighted by Crippen LogP contribution is -2.04. The Kier molecular flexibility index (Phi) is 1.62. The van der Waals surface area contributed by atoms with Crippen molar-refractivity contribution in [2.75, 3.05) is 12.1 Å². The molecule has 0 saturated heterocycles. The third-order valence-electron chi connectivity index (χ3n) is 3.96. The molecule has 0 atom stereocenters. The first-order valence-corrected chi connectivity index (χ1v) is 6.42. The van der Waals surface area contributed by atoms with E-state index >= 15 is 0 Å². The number of rotatable bonds is 0. The molecule has 2 aliphatic heterocycles. The summed E-state index contributed by atoms with van der Waals surface area (Å²) in [6.45, 7) is 0.202. The Hall–Kier alpha value is -2.75. The van der Waals surface area contributed by atoms with Crippen molar-refractivity contribution in [3.8, 4) is 11.5 Å². The third-order valence-corrected chi connectivity index (χ3v) is 3.96. The Bertz CT molecular complexity index is 930. The van der Waals surface area contributed by atoms with Gasteiger partial charge in [-0.1, -0.05) is 24.3 Å². The second-order valence-electron chi connectivity index (χ2n) is 5.01. The first-order valence-electron chi connectivity index (χ1n) is 6.42. The molecule has 4 heteroatoms. The largest absolute Gasteiger partial charge is 0.454 e. The van der Waals surface area contributed by atoms with Crippen molar-refractivity contribution in [1.29, 1.82) is 0 Å². The minimum atomic E-state index is -0.0846. The molecule has 0 spiro atoms. The SMILES string of the molecule is O=C1Nc2cc3ccccc3c3c4c(cc1c23)OCO4. The number of fused-ring (bicyclic) bond motifs is 4. The maximum Gasteiger partial charge on any atom is 0.256 e. The van der Waals surface area contributed by atoms with Crippen LogP contribution in [0.15, 0.2) is 36.4 Å². The van der Waals surface area contributed by atoms with Crippen LogP contribution in [0.4, 0.5) is 5.69 Å². The number of benzene rings is 3. The van der Waals surface area contributed by atoms with Gasteiger partial charge in [0.15, 0.2) is 11.5 Å². The van der Waals surface area contributed by atoms with Crippen LogP contribution < -0.4 is 14.8 Å². The zero-order valence-corrected chi connectivity index (χ0v) is 10.4. The molecule has 0 saturated carbocycles. The summed E-state index contributed by atoms with van der Waals surface area (Å²) in [5, 5.41) is 6.96. The second kappa shape index (κ2) is 3.22. The summed E-state index contributed by atoms with van der Waals surface area (Å²) in [6, 6.07) is 11.8. The van der Waals surface area contributed by atoms with Crippen molar-refractivity contribution in [3.05, 3.63) is 42.0 Å². The lowest BCUT2D eigenvalue weighted by atomic mass is 9.97. The van der Waals surface area contributed by atoms with E-state index in [2.05, 4.69) is 5.32 Å². The Labute approximate surface area is 113 Å². The molecule has 3 aromatic carbocycles. The highest BCUT2D eigenvalue weighted by molar-refractivity contribution is 6.30. The number of hydrogen-bond acceptors (Lipinski definition) is 3. The third kappa shape index (κ3) is 1.05. The van der Waals surface area contributed by atoms with E-state index in [1.807, 2.05) is 30.3 Å². The highest BCUT2D eigenvalue weighted by atomic mass is 16.7. The molecule has 0 radical (unpaired) electrons. The monoisotopic (exact) mass is 263 g/mol. The summed E-state index contributed by atoms with van der Waals surface area (Å²) in [5.41, 5.74) is 1.50. The van der Waals surface area contributed by atoms with Gasteiger partial charge in [0.25, 0.3) is 5.91 Å². The van der Waals surface area contributed by atoms with Gasteiger partial charge in [0.1, 0.15) is 0 Å². The van der Waals surface area contributed by atoms with Gasteiger partial charge in [-0.15, -0.1) is 0 Å².